The summed E-state index contributed by atoms with van der Waals surface area (Å²) in [5, 5.41) is 1.24. The summed E-state index contributed by atoms with van der Waals surface area (Å²) in [7, 11) is 0. The van der Waals surface area contributed by atoms with Gasteiger partial charge >= 0.3 is 17.6 Å². The number of hydrazine groups is 1. The van der Waals surface area contributed by atoms with Gasteiger partial charge in [-0.05, 0) is 23.8 Å². The minimum atomic E-state index is -0.656. The van der Waals surface area contributed by atoms with E-state index in [1.165, 1.54) is 31.0 Å². The van der Waals surface area contributed by atoms with Crippen molar-refractivity contribution < 1.29 is 19.1 Å². The molecule has 30 heavy (non-hydrogen) atoms. The molecule has 0 unspecified atom stereocenters. The Morgan fingerprint density at radius 2 is 1.67 bits per heavy atom. The minimum absolute atomic E-state index is 0.00472. The monoisotopic (exact) mass is 409 g/mol. The molecule has 3 rings (SSSR count). The predicted octanol–water partition coefficient (Wildman–Crippen LogP) is 1.56. The fraction of sp³-hybridized carbons (Fsp3) is 0.150. The molecule has 1 heterocycles. The third-order valence-corrected chi connectivity index (χ3v) is 3.82. The van der Waals surface area contributed by atoms with Crippen molar-refractivity contribution in [3.05, 3.63) is 64.6 Å². The molecule has 0 aliphatic carbocycles. The van der Waals surface area contributed by atoms with Crippen LogP contribution in [0.15, 0.2) is 53.3 Å². The lowest BCUT2D eigenvalue weighted by Gasteiger charge is -2.17. The number of hydrogen-bond acceptors (Lipinski definition) is 9. The minimum Gasteiger partial charge on any atom is -0.423 e. The number of carbonyl (C=O) groups excluding carboxylic acids is 2. The molecule has 0 saturated heterocycles. The standard InChI is InChI=1S/C20H19N5O5/c1-12(26)29-16-9-8-15(10-17(16)30-13(2)27)18-22-19(24-20(28)23-18)25(21)11-14-6-4-3-5-7-14/h3-10H,11,21H2,1-2H3,(H,22,23,24,28). The van der Waals surface area contributed by atoms with Crippen LogP contribution in [0.3, 0.4) is 0 Å². The van der Waals surface area contributed by atoms with Gasteiger partial charge < -0.3 is 9.47 Å². The highest BCUT2D eigenvalue weighted by molar-refractivity contribution is 5.75. The molecule has 0 radical (unpaired) electrons. The van der Waals surface area contributed by atoms with E-state index in [1.54, 1.807) is 6.07 Å². The van der Waals surface area contributed by atoms with E-state index in [0.29, 0.717) is 5.56 Å². The van der Waals surface area contributed by atoms with Crippen molar-refractivity contribution in [3.8, 4) is 22.9 Å². The molecule has 0 aliphatic heterocycles. The summed E-state index contributed by atoms with van der Waals surface area (Å²) in [5.74, 6) is 5.09. The Morgan fingerprint density at radius 1 is 1.00 bits per heavy atom. The van der Waals surface area contributed by atoms with Gasteiger partial charge in [-0.1, -0.05) is 30.3 Å². The topological polar surface area (TPSA) is 140 Å². The number of rotatable bonds is 6. The Balaban J connectivity index is 1.96. The number of nitrogens with two attached hydrogens (primary N) is 1. The number of esters is 2. The molecule has 1 aromatic heterocycles. The lowest BCUT2D eigenvalue weighted by molar-refractivity contribution is -0.134. The van der Waals surface area contributed by atoms with Crippen LogP contribution in [0.2, 0.25) is 0 Å². The number of hydrogen-bond donors (Lipinski definition) is 2. The van der Waals surface area contributed by atoms with Crippen LogP contribution in [0, 0.1) is 0 Å². The number of nitrogens with one attached hydrogen (secondary N) is 1. The van der Waals surface area contributed by atoms with Crippen molar-refractivity contribution in [1.29, 1.82) is 0 Å². The average molecular weight is 409 g/mol. The molecular weight excluding hydrogens is 390 g/mol. The summed E-state index contributed by atoms with van der Waals surface area (Å²) in [6.45, 7) is 2.72. The van der Waals surface area contributed by atoms with Crippen molar-refractivity contribution in [3.63, 3.8) is 0 Å². The Hall–Kier alpha value is -4.05. The molecule has 0 fully saturated rings. The molecule has 10 nitrogen and oxygen atoms in total. The highest BCUT2D eigenvalue weighted by atomic mass is 16.6. The molecule has 0 aliphatic rings. The Kier molecular flexibility index (Phi) is 6.18. The number of aromatic nitrogens is 3. The van der Waals surface area contributed by atoms with Crippen molar-refractivity contribution in [2.45, 2.75) is 20.4 Å². The molecule has 10 heteroatoms. The summed E-state index contributed by atoms with van der Waals surface area (Å²) < 4.78 is 10.1. The zero-order valence-electron chi connectivity index (χ0n) is 16.3. The van der Waals surface area contributed by atoms with E-state index < -0.39 is 17.6 Å². The fourth-order valence-electron chi connectivity index (χ4n) is 2.62. The fourth-order valence-corrected chi connectivity index (χ4v) is 2.62. The normalized spacial score (nSPS) is 10.4. The highest BCUT2D eigenvalue weighted by Crippen LogP contribution is 2.32. The van der Waals surface area contributed by atoms with Gasteiger partial charge in [0.2, 0.25) is 5.95 Å². The summed E-state index contributed by atoms with van der Waals surface area (Å²) in [6.07, 6.45) is 0. The van der Waals surface area contributed by atoms with Crippen molar-refractivity contribution in [2.24, 2.45) is 5.84 Å². The van der Waals surface area contributed by atoms with Gasteiger partial charge in [-0.25, -0.2) is 10.6 Å². The average Bonchev–Trinajstić information content (AvgIpc) is 2.69. The number of benzene rings is 2. The molecule has 0 bridgehead atoms. The second-order valence-corrected chi connectivity index (χ2v) is 6.26. The molecular formula is C20H19N5O5. The Bertz CT molecular complexity index is 1130. The van der Waals surface area contributed by atoms with Crippen LogP contribution >= 0.6 is 0 Å². The second kappa shape index (κ2) is 8.97. The third-order valence-electron chi connectivity index (χ3n) is 3.82. The van der Waals surface area contributed by atoms with Crippen LogP contribution in [0.25, 0.3) is 11.4 Å². The van der Waals surface area contributed by atoms with Crippen LogP contribution in [-0.4, -0.2) is 26.9 Å². The first-order valence-corrected chi connectivity index (χ1v) is 8.87. The van der Waals surface area contributed by atoms with Crippen molar-refractivity contribution in [2.75, 3.05) is 5.01 Å². The van der Waals surface area contributed by atoms with E-state index in [9.17, 15) is 14.4 Å². The SMILES string of the molecule is CC(=O)Oc1ccc(-c2nc(N(N)Cc3ccccc3)nc(=O)[nH]2)cc1OC(C)=O. The molecule has 2 aromatic carbocycles. The van der Waals surface area contributed by atoms with Crippen LogP contribution in [0.4, 0.5) is 5.95 Å². The van der Waals surface area contributed by atoms with Gasteiger partial charge in [0.05, 0.1) is 6.54 Å². The van der Waals surface area contributed by atoms with Gasteiger partial charge in [0.25, 0.3) is 0 Å². The number of anilines is 1. The number of ether oxygens (including phenoxy) is 2. The van der Waals surface area contributed by atoms with Gasteiger partial charge in [-0.3, -0.25) is 19.6 Å². The van der Waals surface area contributed by atoms with E-state index in [2.05, 4.69) is 15.0 Å². The summed E-state index contributed by atoms with van der Waals surface area (Å²) in [6, 6.07) is 13.8. The predicted molar refractivity (Wildman–Crippen MR) is 108 cm³/mol. The third kappa shape index (κ3) is 5.26. The van der Waals surface area contributed by atoms with Crippen LogP contribution in [-0.2, 0) is 16.1 Å². The molecule has 154 valence electrons. The van der Waals surface area contributed by atoms with Gasteiger partial charge in [0.1, 0.15) is 5.82 Å². The lowest BCUT2D eigenvalue weighted by Crippen LogP contribution is -2.34. The maximum Gasteiger partial charge on any atom is 0.349 e. The second-order valence-electron chi connectivity index (χ2n) is 6.26. The van der Waals surface area contributed by atoms with E-state index in [-0.39, 0.29) is 29.8 Å². The van der Waals surface area contributed by atoms with Gasteiger partial charge in [0.15, 0.2) is 11.5 Å². The van der Waals surface area contributed by atoms with Crippen LogP contribution < -0.4 is 26.0 Å². The molecule has 0 saturated carbocycles. The van der Waals surface area contributed by atoms with Gasteiger partial charge in [0, 0.05) is 19.4 Å². The smallest absolute Gasteiger partial charge is 0.349 e. The molecule has 0 amide bonds. The highest BCUT2D eigenvalue weighted by Gasteiger charge is 2.15. The first-order chi connectivity index (χ1) is 14.3. The van der Waals surface area contributed by atoms with Crippen LogP contribution in [0.1, 0.15) is 19.4 Å². The Labute approximate surface area is 171 Å². The Morgan fingerprint density at radius 3 is 2.33 bits per heavy atom. The number of aromatic amines is 1. The lowest BCUT2D eigenvalue weighted by atomic mass is 10.2. The van der Waals surface area contributed by atoms with E-state index >= 15 is 0 Å². The zero-order chi connectivity index (χ0) is 21.7. The largest absolute Gasteiger partial charge is 0.423 e. The van der Waals surface area contributed by atoms with Crippen molar-refractivity contribution in [1.82, 2.24) is 15.0 Å². The van der Waals surface area contributed by atoms with Gasteiger partial charge in [-0.15, -0.1) is 0 Å². The van der Waals surface area contributed by atoms with Crippen LogP contribution in [0.5, 0.6) is 11.5 Å². The van der Waals surface area contributed by atoms with E-state index in [0.717, 1.165) is 5.56 Å². The maximum atomic E-state index is 12.1. The van der Waals surface area contributed by atoms with E-state index in [4.69, 9.17) is 15.3 Å². The van der Waals surface area contributed by atoms with E-state index in [1.807, 2.05) is 30.3 Å². The van der Waals surface area contributed by atoms with Crippen molar-refractivity contribution >= 4 is 17.9 Å². The summed E-state index contributed by atoms with van der Waals surface area (Å²) in [4.78, 5) is 45.4. The summed E-state index contributed by atoms with van der Waals surface area (Å²) >= 11 is 0. The quantitative estimate of drug-likeness (QED) is 0.268. The first-order valence-electron chi connectivity index (χ1n) is 8.87. The first kappa shape index (κ1) is 20.7. The number of carbonyl (C=O) groups is 2. The zero-order valence-corrected chi connectivity index (χ0v) is 16.3. The van der Waals surface area contributed by atoms with Gasteiger partial charge in [-0.2, -0.15) is 9.97 Å². The number of nitrogens with zero attached hydrogens (tertiary/aromatic N) is 3. The molecule has 3 aromatic rings. The molecule has 0 spiro atoms. The maximum absolute atomic E-state index is 12.1. The molecule has 3 N–H and O–H groups in total. The number of H-pyrrole nitrogens is 1. The molecule has 0 atom stereocenters. The summed E-state index contributed by atoms with van der Waals surface area (Å²) in [5.41, 5.74) is 0.654.